The van der Waals surface area contributed by atoms with Crippen LogP contribution in [0.15, 0.2) is 42.5 Å². The molecule has 0 spiro atoms. The molecule has 1 heterocycles. The van der Waals surface area contributed by atoms with Gasteiger partial charge in [-0.1, -0.05) is 32.9 Å². The van der Waals surface area contributed by atoms with E-state index in [4.69, 9.17) is 10.4 Å². The first-order valence-electron chi connectivity index (χ1n) is 14.5. The average molecular weight is 577 g/mol. The van der Waals surface area contributed by atoms with Crippen molar-refractivity contribution in [3.05, 3.63) is 53.6 Å². The molecule has 0 unspecified atom stereocenters. The van der Waals surface area contributed by atoms with Crippen LogP contribution < -0.4 is 15.4 Å². The zero-order chi connectivity index (χ0) is 29.9. The third-order valence-electron chi connectivity index (χ3n) is 8.59. The molecule has 0 bridgehead atoms. The molecule has 3 N–H and O–H groups in total. The molecule has 7 nitrogen and oxygen atoms in total. The number of hydrogen-bond donors (Lipinski definition) is 3. The normalized spacial score (nSPS) is 20.6. The zero-order valence-electron chi connectivity index (χ0n) is 24.4. The fourth-order valence-corrected chi connectivity index (χ4v) is 6.10. The lowest BCUT2D eigenvalue weighted by Crippen LogP contribution is -2.43. The van der Waals surface area contributed by atoms with Crippen LogP contribution >= 0.6 is 0 Å². The van der Waals surface area contributed by atoms with Gasteiger partial charge in [0, 0.05) is 50.0 Å². The Labute approximate surface area is 240 Å². The van der Waals surface area contributed by atoms with Crippen molar-refractivity contribution in [1.29, 1.82) is 0 Å². The van der Waals surface area contributed by atoms with Gasteiger partial charge in [-0.05, 0) is 85.8 Å². The molecule has 0 atom stereocenters. The molecule has 1 aliphatic carbocycles. The maximum Gasteiger partial charge on any atom is 0.418 e. The van der Waals surface area contributed by atoms with Gasteiger partial charge >= 0.3 is 6.18 Å². The fourth-order valence-electron chi connectivity index (χ4n) is 6.10. The Kier molecular flexibility index (Phi) is 9.43. The minimum Gasteiger partial charge on any atom is -0.382 e. The number of amides is 1. The summed E-state index contributed by atoms with van der Waals surface area (Å²) in [4.78, 5) is 17.5. The highest BCUT2D eigenvalue weighted by molar-refractivity contribution is 5.79. The molecule has 2 aliphatic rings. The molecule has 1 amide bonds. The summed E-state index contributed by atoms with van der Waals surface area (Å²) in [6, 6.07) is 12.1. The molecule has 226 valence electrons. The van der Waals surface area contributed by atoms with Crippen LogP contribution in [0.3, 0.4) is 0 Å². The van der Waals surface area contributed by atoms with E-state index >= 15 is 0 Å². The van der Waals surface area contributed by atoms with Crippen LogP contribution in [0.25, 0.3) is 0 Å². The third-order valence-corrected chi connectivity index (χ3v) is 8.59. The van der Waals surface area contributed by atoms with Crippen molar-refractivity contribution in [3.63, 3.8) is 0 Å². The van der Waals surface area contributed by atoms with Gasteiger partial charge in [0.2, 0.25) is 5.91 Å². The predicted octanol–water partition coefficient (Wildman–Crippen LogP) is 6.93. The number of nitrogens with one attached hydrogen (secondary N) is 1. The molecule has 41 heavy (non-hydrogen) atoms. The molecular weight excluding hydrogens is 533 g/mol. The molecule has 0 radical (unpaired) electrons. The van der Waals surface area contributed by atoms with Crippen LogP contribution in [-0.2, 0) is 16.4 Å². The van der Waals surface area contributed by atoms with E-state index < -0.39 is 22.7 Å². The van der Waals surface area contributed by atoms with Crippen molar-refractivity contribution >= 4 is 23.0 Å². The number of rotatable bonds is 7. The number of nitrogens with zero attached hydrogens (tertiary/aromatic N) is 3. The Morgan fingerprint density at radius 2 is 1.56 bits per heavy atom. The number of carbonyl (C=O) groups is 1. The van der Waals surface area contributed by atoms with Gasteiger partial charge in [-0.15, -0.1) is 5.23 Å². The average Bonchev–Trinajstić information content (AvgIpc) is 2.93. The van der Waals surface area contributed by atoms with Gasteiger partial charge in [0.1, 0.15) is 5.69 Å². The van der Waals surface area contributed by atoms with Crippen LogP contribution in [0.2, 0.25) is 0 Å². The Balaban J connectivity index is 1.22. The minimum atomic E-state index is -4.72. The van der Waals surface area contributed by atoms with Crippen LogP contribution in [0.4, 0.5) is 30.2 Å². The standard InChI is InChI=1S/C31H43F3N4O3/c1-30(2,3)23-7-12-26(13-8-23)37-17-15-22(16-18-37)29(39)36(4)20-21-5-9-24(10-6-21)35-25-11-14-28(38(40)41)27(19-25)31(32,33)34/h7-8,11-14,19,21-22,24,35,40-41H,5-6,9-10,15-18,20H2,1-4H3. The first-order valence-corrected chi connectivity index (χ1v) is 14.5. The maximum atomic E-state index is 13.4. The third kappa shape index (κ3) is 7.86. The highest BCUT2D eigenvalue weighted by atomic mass is 19.4. The van der Waals surface area contributed by atoms with Gasteiger partial charge < -0.3 is 15.1 Å². The summed E-state index contributed by atoms with van der Waals surface area (Å²) < 4.78 is 40.1. The summed E-state index contributed by atoms with van der Waals surface area (Å²) in [5, 5.41) is 20.9. The van der Waals surface area contributed by atoms with Gasteiger partial charge in [-0.2, -0.15) is 13.2 Å². The minimum absolute atomic E-state index is 0.0142. The summed E-state index contributed by atoms with van der Waals surface area (Å²) in [6.45, 7) is 9.04. The summed E-state index contributed by atoms with van der Waals surface area (Å²) in [7, 11) is 1.89. The second kappa shape index (κ2) is 12.5. The lowest BCUT2D eigenvalue weighted by atomic mass is 9.85. The van der Waals surface area contributed by atoms with Gasteiger partial charge in [0.15, 0.2) is 0 Å². The van der Waals surface area contributed by atoms with Crippen molar-refractivity contribution in [2.24, 2.45) is 11.8 Å². The van der Waals surface area contributed by atoms with E-state index in [1.54, 1.807) is 0 Å². The van der Waals surface area contributed by atoms with E-state index in [9.17, 15) is 18.0 Å². The van der Waals surface area contributed by atoms with Gasteiger partial charge in [-0.25, -0.2) is 0 Å². The van der Waals surface area contributed by atoms with Gasteiger partial charge in [-0.3, -0.25) is 15.2 Å². The molecule has 2 fully saturated rings. The van der Waals surface area contributed by atoms with E-state index in [0.717, 1.165) is 63.7 Å². The van der Waals surface area contributed by atoms with E-state index in [-0.39, 0.29) is 29.0 Å². The van der Waals surface area contributed by atoms with Crippen molar-refractivity contribution in [2.45, 2.75) is 76.9 Å². The Bertz CT molecular complexity index is 1160. The first-order chi connectivity index (χ1) is 19.2. The van der Waals surface area contributed by atoms with Crippen LogP contribution in [0.1, 0.15) is 70.4 Å². The number of carbonyl (C=O) groups excluding carboxylic acids is 1. The second-order valence-electron chi connectivity index (χ2n) is 12.7. The lowest BCUT2D eigenvalue weighted by molar-refractivity contribution is -0.138. The molecule has 2 aromatic rings. The molecule has 0 aromatic heterocycles. The quantitative estimate of drug-likeness (QED) is 0.310. The highest BCUT2D eigenvalue weighted by Crippen LogP contribution is 2.38. The topological polar surface area (TPSA) is 79.3 Å². The lowest BCUT2D eigenvalue weighted by Gasteiger charge is -2.36. The molecule has 1 saturated heterocycles. The van der Waals surface area contributed by atoms with Crippen molar-refractivity contribution in [1.82, 2.24) is 4.90 Å². The van der Waals surface area contributed by atoms with E-state index in [2.05, 4.69) is 55.3 Å². The smallest absolute Gasteiger partial charge is 0.382 e. The summed E-state index contributed by atoms with van der Waals surface area (Å²) in [6.07, 6.45) is 0.281. The molecule has 10 heteroatoms. The van der Waals surface area contributed by atoms with Crippen LogP contribution in [0.5, 0.6) is 0 Å². The highest BCUT2D eigenvalue weighted by Gasteiger charge is 2.36. The summed E-state index contributed by atoms with van der Waals surface area (Å²) >= 11 is 0. The fraction of sp³-hybridized carbons (Fsp3) is 0.581. The Morgan fingerprint density at radius 3 is 2.10 bits per heavy atom. The van der Waals surface area contributed by atoms with E-state index in [0.29, 0.717) is 12.5 Å². The molecule has 1 saturated carbocycles. The van der Waals surface area contributed by atoms with Gasteiger partial charge in [0.05, 0.1) is 5.56 Å². The maximum absolute atomic E-state index is 13.4. The summed E-state index contributed by atoms with van der Waals surface area (Å²) in [5.74, 6) is 0.589. The number of halogens is 3. The SMILES string of the molecule is CN(CC1CCC(Nc2ccc(N(O)O)c(C(F)(F)F)c2)CC1)C(=O)C1CCN(c2ccc(C(C)(C)C)cc2)CC1. The Morgan fingerprint density at radius 1 is 0.951 bits per heavy atom. The van der Waals surface area contributed by atoms with Crippen molar-refractivity contribution in [3.8, 4) is 0 Å². The Hall–Kier alpha value is -2.98. The van der Waals surface area contributed by atoms with Crippen LogP contribution in [-0.4, -0.2) is 53.9 Å². The monoisotopic (exact) mass is 576 g/mol. The van der Waals surface area contributed by atoms with Crippen LogP contribution in [0, 0.1) is 11.8 Å². The molecule has 2 aromatic carbocycles. The second-order valence-corrected chi connectivity index (χ2v) is 12.7. The van der Waals surface area contributed by atoms with Gasteiger partial charge in [0.25, 0.3) is 0 Å². The predicted molar refractivity (Wildman–Crippen MR) is 155 cm³/mol. The number of piperidine rings is 1. The molecule has 4 rings (SSSR count). The first kappa shape index (κ1) is 31.0. The van der Waals surface area contributed by atoms with Crippen molar-refractivity contribution < 1.29 is 28.4 Å². The number of benzene rings is 2. The van der Waals surface area contributed by atoms with Crippen molar-refractivity contribution in [2.75, 3.05) is 42.1 Å². The molecular formula is C31H43F3N4O3. The van der Waals surface area contributed by atoms with E-state index in [1.165, 1.54) is 17.3 Å². The molecule has 1 aliphatic heterocycles. The zero-order valence-corrected chi connectivity index (χ0v) is 24.4. The number of anilines is 3. The van der Waals surface area contributed by atoms with E-state index in [1.807, 2.05) is 11.9 Å². The largest absolute Gasteiger partial charge is 0.418 e. The summed E-state index contributed by atoms with van der Waals surface area (Å²) in [5.41, 5.74) is 1.08. The number of alkyl halides is 3. The number of hydrogen-bond acceptors (Lipinski definition) is 6.